The van der Waals surface area contributed by atoms with Gasteiger partial charge in [0.1, 0.15) is 12.4 Å². The van der Waals surface area contributed by atoms with Crippen molar-refractivity contribution in [3.63, 3.8) is 0 Å². The van der Waals surface area contributed by atoms with Gasteiger partial charge < -0.3 is 19.5 Å². The summed E-state index contributed by atoms with van der Waals surface area (Å²) in [5.74, 6) is 0.459. The molecule has 0 saturated carbocycles. The topological polar surface area (TPSA) is 58.9 Å². The zero-order valence-corrected chi connectivity index (χ0v) is 9.93. The molecule has 1 aromatic carbocycles. The van der Waals surface area contributed by atoms with Crippen LogP contribution < -0.4 is 10.2 Å². The Labute approximate surface area is 102 Å². The summed E-state index contributed by atoms with van der Waals surface area (Å²) in [6, 6.07) is 6.80. The smallest absolute Gasteiger partial charge is 0.490 e. The average Bonchev–Trinajstić information content (AvgIpc) is 2.34. The van der Waals surface area contributed by atoms with Gasteiger partial charge in [0.2, 0.25) is 0 Å². The summed E-state index contributed by atoms with van der Waals surface area (Å²) in [5.41, 5.74) is 1.25. The van der Waals surface area contributed by atoms with Crippen LogP contribution in [0.4, 0.5) is 0 Å². The van der Waals surface area contributed by atoms with E-state index in [0.717, 1.165) is 12.0 Å². The van der Waals surface area contributed by atoms with Gasteiger partial charge in [-0.3, -0.25) is 0 Å². The van der Waals surface area contributed by atoms with Gasteiger partial charge in [0.25, 0.3) is 0 Å². The van der Waals surface area contributed by atoms with Crippen LogP contribution in [0.2, 0.25) is 0 Å². The molecule has 0 unspecified atom stereocenters. The van der Waals surface area contributed by atoms with Crippen LogP contribution in [0.1, 0.15) is 6.42 Å². The molecule has 1 rings (SSSR count). The second-order valence-electron chi connectivity index (χ2n) is 3.69. The number of hydrogen-bond donors (Lipinski definition) is 2. The largest absolute Gasteiger partial charge is 0.492 e. The van der Waals surface area contributed by atoms with Crippen molar-refractivity contribution in [3.8, 4) is 5.75 Å². The third-order valence-corrected chi connectivity index (χ3v) is 2.29. The first-order valence-corrected chi connectivity index (χ1v) is 5.38. The molecular formula is C12H17BO4. The number of para-hydroxylation sites is 1. The van der Waals surface area contributed by atoms with Crippen LogP contribution >= 0.6 is 0 Å². The Bertz CT molecular complexity index is 365. The van der Waals surface area contributed by atoms with E-state index in [0.29, 0.717) is 24.4 Å². The quantitative estimate of drug-likeness (QED) is 0.529. The Morgan fingerprint density at radius 1 is 1.35 bits per heavy atom. The fourth-order valence-electron chi connectivity index (χ4n) is 1.32. The summed E-state index contributed by atoms with van der Waals surface area (Å²) in [6.45, 7) is 4.80. The Hall–Kier alpha value is -1.30. The minimum Gasteiger partial charge on any atom is -0.490 e. The van der Waals surface area contributed by atoms with E-state index in [-0.39, 0.29) is 0 Å². The van der Waals surface area contributed by atoms with Gasteiger partial charge in [0, 0.05) is 12.6 Å². The van der Waals surface area contributed by atoms with E-state index in [9.17, 15) is 0 Å². The first-order valence-electron chi connectivity index (χ1n) is 5.38. The molecule has 1 aromatic rings. The normalized spacial score (nSPS) is 10.1. The molecule has 5 heteroatoms. The maximum absolute atomic E-state index is 9.14. The first-order chi connectivity index (χ1) is 8.15. The predicted octanol–water partition coefficient (Wildman–Crippen LogP) is 0.338. The van der Waals surface area contributed by atoms with E-state index < -0.39 is 7.12 Å². The van der Waals surface area contributed by atoms with Crippen LogP contribution in [0.25, 0.3) is 0 Å². The molecule has 4 nitrogen and oxygen atoms in total. The number of hydrogen-bond acceptors (Lipinski definition) is 4. The predicted molar refractivity (Wildman–Crippen MR) is 67.4 cm³/mol. The van der Waals surface area contributed by atoms with Gasteiger partial charge in [0.15, 0.2) is 0 Å². The molecule has 2 N–H and O–H groups in total. The van der Waals surface area contributed by atoms with Crippen molar-refractivity contribution in [2.24, 2.45) is 0 Å². The molecule has 0 aliphatic carbocycles. The number of ether oxygens (including phenoxy) is 2. The molecule has 0 bridgehead atoms. The molecule has 0 saturated heterocycles. The molecule has 0 aliphatic rings. The van der Waals surface area contributed by atoms with Crippen LogP contribution in [-0.2, 0) is 4.74 Å². The molecule has 0 fully saturated rings. The Kier molecular flexibility index (Phi) is 5.76. The zero-order chi connectivity index (χ0) is 12.7. The standard InChI is InChI=1S/C12H17BO4/c1-10(7-8-16-2)9-17-12-6-4-3-5-11(12)13(14)15/h3-6,14-15H,1,7-9H2,2H3. The minimum absolute atomic E-state index is 0.340. The van der Waals surface area contributed by atoms with E-state index in [1.807, 2.05) is 0 Å². The highest BCUT2D eigenvalue weighted by molar-refractivity contribution is 6.59. The van der Waals surface area contributed by atoms with Gasteiger partial charge >= 0.3 is 7.12 Å². The number of methoxy groups -OCH3 is 1. The van der Waals surface area contributed by atoms with Gasteiger partial charge in [-0.1, -0.05) is 24.8 Å². The number of rotatable bonds is 7. The lowest BCUT2D eigenvalue weighted by molar-refractivity contribution is 0.198. The molecule has 17 heavy (non-hydrogen) atoms. The van der Waals surface area contributed by atoms with Crippen molar-refractivity contribution in [3.05, 3.63) is 36.4 Å². The maximum atomic E-state index is 9.14. The Balaban J connectivity index is 2.54. The lowest BCUT2D eigenvalue weighted by Crippen LogP contribution is -2.31. The third kappa shape index (κ3) is 4.60. The van der Waals surface area contributed by atoms with E-state index in [1.54, 1.807) is 31.4 Å². The van der Waals surface area contributed by atoms with Crippen LogP contribution in [0.3, 0.4) is 0 Å². The SMILES string of the molecule is C=C(CCOC)COc1ccccc1B(O)O. The molecule has 0 radical (unpaired) electrons. The van der Waals surface area contributed by atoms with Gasteiger partial charge in [-0.15, -0.1) is 0 Å². The zero-order valence-electron chi connectivity index (χ0n) is 9.93. The Morgan fingerprint density at radius 3 is 2.71 bits per heavy atom. The fraction of sp³-hybridized carbons (Fsp3) is 0.333. The van der Waals surface area contributed by atoms with Crippen molar-refractivity contribution in [2.45, 2.75) is 6.42 Å². The van der Waals surface area contributed by atoms with Crippen LogP contribution in [0.5, 0.6) is 5.75 Å². The first kappa shape index (κ1) is 13.8. The summed E-state index contributed by atoms with van der Waals surface area (Å²) in [5, 5.41) is 18.3. The highest BCUT2D eigenvalue weighted by Gasteiger charge is 2.16. The van der Waals surface area contributed by atoms with E-state index in [4.69, 9.17) is 19.5 Å². The third-order valence-electron chi connectivity index (χ3n) is 2.29. The molecule has 0 heterocycles. The van der Waals surface area contributed by atoms with Crippen molar-refractivity contribution < 1.29 is 19.5 Å². The highest BCUT2D eigenvalue weighted by atomic mass is 16.5. The average molecular weight is 236 g/mol. The minimum atomic E-state index is -1.53. The molecule has 92 valence electrons. The van der Waals surface area contributed by atoms with E-state index in [1.165, 1.54) is 0 Å². The molecule has 0 aromatic heterocycles. The summed E-state index contributed by atoms with van der Waals surface area (Å²) >= 11 is 0. The van der Waals surface area contributed by atoms with Crippen LogP contribution in [0.15, 0.2) is 36.4 Å². The summed E-state index contributed by atoms with van der Waals surface area (Å²) in [6.07, 6.45) is 0.723. The second-order valence-corrected chi connectivity index (χ2v) is 3.69. The van der Waals surface area contributed by atoms with Crippen LogP contribution in [-0.4, -0.2) is 37.5 Å². The molecular weight excluding hydrogens is 219 g/mol. The molecule has 0 spiro atoms. The summed E-state index contributed by atoms with van der Waals surface area (Å²) < 4.78 is 10.4. The highest BCUT2D eigenvalue weighted by Crippen LogP contribution is 2.09. The van der Waals surface area contributed by atoms with Gasteiger partial charge in [0.05, 0.1) is 6.61 Å². The number of benzene rings is 1. The van der Waals surface area contributed by atoms with Gasteiger partial charge in [-0.25, -0.2) is 0 Å². The second kappa shape index (κ2) is 7.11. The molecule has 0 atom stereocenters. The maximum Gasteiger partial charge on any atom is 0.492 e. The van der Waals surface area contributed by atoms with E-state index >= 15 is 0 Å². The summed E-state index contributed by atoms with van der Waals surface area (Å²) in [7, 11) is 0.101. The summed E-state index contributed by atoms with van der Waals surface area (Å²) in [4.78, 5) is 0. The monoisotopic (exact) mass is 236 g/mol. The van der Waals surface area contributed by atoms with Crippen molar-refractivity contribution in [1.82, 2.24) is 0 Å². The fourth-order valence-corrected chi connectivity index (χ4v) is 1.32. The van der Waals surface area contributed by atoms with Gasteiger partial charge in [-0.2, -0.15) is 0 Å². The van der Waals surface area contributed by atoms with Crippen molar-refractivity contribution in [1.29, 1.82) is 0 Å². The van der Waals surface area contributed by atoms with Gasteiger partial charge in [-0.05, 0) is 18.1 Å². The Morgan fingerprint density at radius 2 is 2.06 bits per heavy atom. The van der Waals surface area contributed by atoms with Crippen LogP contribution in [0, 0.1) is 0 Å². The van der Waals surface area contributed by atoms with E-state index in [2.05, 4.69) is 6.58 Å². The van der Waals surface area contributed by atoms with Crippen molar-refractivity contribution in [2.75, 3.05) is 20.3 Å². The lowest BCUT2D eigenvalue weighted by Gasteiger charge is -2.12. The molecule has 0 aliphatic heterocycles. The van der Waals surface area contributed by atoms with Crippen molar-refractivity contribution >= 4 is 12.6 Å². The molecule has 0 amide bonds. The lowest BCUT2D eigenvalue weighted by atomic mass is 9.79.